The normalized spacial score (nSPS) is 19.0. The van der Waals surface area contributed by atoms with Gasteiger partial charge in [-0.25, -0.2) is 9.18 Å². The molecule has 0 saturated carbocycles. The van der Waals surface area contributed by atoms with Gasteiger partial charge in [-0.2, -0.15) is 11.3 Å². The number of urea groups is 1. The third-order valence-corrected chi connectivity index (χ3v) is 6.34. The van der Waals surface area contributed by atoms with Gasteiger partial charge in [-0.1, -0.05) is 35.9 Å². The van der Waals surface area contributed by atoms with E-state index in [1.54, 1.807) is 12.1 Å². The van der Waals surface area contributed by atoms with Crippen LogP contribution in [0.25, 0.3) is 0 Å². The lowest BCUT2D eigenvalue weighted by Crippen LogP contribution is -2.44. The van der Waals surface area contributed by atoms with E-state index in [-0.39, 0.29) is 0 Å². The number of hydrogen-bond donors (Lipinski definition) is 2. The Kier molecular flexibility index (Phi) is 5.99. The van der Waals surface area contributed by atoms with Crippen molar-refractivity contribution in [2.45, 2.75) is 18.5 Å². The Morgan fingerprint density at radius 1 is 1.12 bits per heavy atom. The van der Waals surface area contributed by atoms with Crippen molar-refractivity contribution >= 4 is 40.8 Å². The van der Waals surface area contributed by atoms with Crippen LogP contribution in [-0.4, -0.2) is 29.3 Å². The minimum atomic E-state index is -1.38. The van der Waals surface area contributed by atoms with Gasteiger partial charge in [0.2, 0.25) is 5.91 Å². The summed E-state index contributed by atoms with van der Waals surface area (Å²) >= 11 is 7.48. The number of halogens is 2. The predicted octanol–water partition coefficient (Wildman–Crippen LogP) is 4.21. The van der Waals surface area contributed by atoms with Crippen LogP contribution in [-0.2, 0) is 15.1 Å². The highest BCUT2D eigenvalue weighted by Gasteiger charge is 2.49. The van der Waals surface area contributed by atoms with Crippen molar-refractivity contribution in [3.8, 4) is 0 Å². The molecule has 3 aromatic rings. The highest BCUT2D eigenvalue weighted by Crippen LogP contribution is 2.29. The van der Waals surface area contributed by atoms with Crippen LogP contribution >= 0.6 is 22.9 Å². The predicted molar refractivity (Wildman–Crippen MR) is 120 cm³/mol. The molecule has 2 atom stereocenters. The van der Waals surface area contributed by atoms with Crippen LogP contribution in [0.3, 0.4) is 0 Å². The molecule has 1 fully saturated rings. The summed E-state index contributed by atoms with van der Waals surface area (Å²) in [5.74, 6) is -1.53. The smallest absolute Gasteiger partial charge is 0.325 e. The molecule has 0 aliphatic carbocycles. The van der Waals surface area contributed by atoms with Gasteiger partial charge >= 0.3 is 6.03 Å². The molecule has 0 radical (unpaired) electrons. The van der Waals surface area contributed by atoms with Crippen molar-refractivity contribution in [3.05, 3.63) is 92.9 Å². The van der Waals surface area contributed by atoms with E-state index in [1.165, 1.54) is 42.5 Å². The van der Waals surface area contributed by atoms with Gasteiger partial charge in [0, 0.05) is 5.02 Å². The molecule has 4 rings (SSSR count). The second-order valence-electron chi connectivity index (χ2n) is 7.56. The number of hydrogen-bond acceptors (Lipinski definition) is 4. The first-order chi connectivity index (χ1) is 15.3. The lowest BCUT2D eigenvalue weighted by molar-refractivity contribution is -0.135. The molecule has 1 aliphatic rings. The Morgan fingerprint density at radius 3 is 2.44 bits per heavy atom. The zero-order valence-electron chi connectivity index (χ0n) is 17.0. The third-order valence-electron chi connectivity index (χ3n) is 5.38. The minimum Gasteiger partial charge on any atom is -0.344 e. The largest absolute Gasteiger partial charge is 0.344 e. The van der Waals surface area contributed by atoms with E-state index in [0.29, 0.717) is 10.6 Å². The number of imide groups is 1. The molecular weight excluding hydrogens is 453 g/mol. The van der Waals surface area contributed by atoms with Crippen molar-refractivity contribution in [1.29, 1.82) is 0 Å². The van der Waals surface area contributed by atoms with E-state index in [9.17, 15) is 18.8 Å². The fraction of sp³-hybridized carbons (Fsp3) is 0.174. The van der Waals surface area contributed by atoms with Gasteiger partial charge < -0.3 is 10.6 Å². The maximum atomic E-state index is 13.3. The standard InChI is InChI=1S/C23H19ClFN3O3S/c1-23(16-4-8-18(25)9-5-16)21(30)28(22(31)27-23)12-19(29)26-20(15-10-11-32-13-15)14-2-6-17(24)7-3-14/h2-11,13,20H,12H2,1H3,(H,26,29)(H,27,31). The van der Waals surface area contributed by atoms with E-state index in [0.717, 1.165) is 16.0 Å². The SMILES string of the molecule is CC1(c2ccc(F)cc2)NC(=O)N(CC(=O)NC(c2ccc(Cl)cc2)c2ccsc2)C1=O. The van der Waals surface area contributed by atoms with Crippen molar-refractivity contribution < 1.29 is 18.8 Å². The summed E-state index contributed by atoms with van der Waals surface area (Å²) in [7, 11) is 0. The van der Waals surface area contributed by atoms with Gasteiger partial charge in [-0.15, -0.1) is 0 Å². The molecule has 9 heteroatoms. The maximum Gasteiger partial charge on any atom is 0.325 e. The van der Waals surface area contributed by atoms with Crippen molar-refractivity contribution in [2.75, 3.05) is 6.54 Å². The van der Waals surface area contributed by atoms with Gasteiger partial charge in [-0.3, -0.25) is 14.5 Å². The Labute approximate surface area is 193 Å². The average Bonchev–Trinajstić information content (AvgIpc) is 3.37. The molecule has 2 aromatic carbocycles. The van der Waals surface area contributed by atoms with E-state index >= 15 is 0 Å². The van der Waals surface area contributed by atoms with Gasteiger partial charge in [0.1, 0.15) is 17.9 Å². The zero-order valence-corrected chi connectivity index (χ0v) is 18.5. The van der Waals surface area contributed by atoms with E-state index in [2.05, 4.69) is 10.6 Å². The monoisotopic (exact) mass is 471 g/mol. The van der Waals surface area contributed by atoms with Crippen LogP contribution in [0.5, 0.6) is 0 Å². The average molecular weight is 472 g/mol. The van der Waals surface area contributed by atoms with Crippen molar-refractivity contribution in [2.24, 2.45) is 0 Å². The molecule has 0 spiro atoms. The van der Waals surface area contributed by atoms with Crippen LogP contribution in [0.4, 0.5) is 9.18 Å². The van der Waals surface area contributed by atoms with Crippen molar-refractivity contribution in [3.63, 3.8) is 0 Å². The first-order valence-electron chi connectivity index (χ1n) is 9.75. The fourth-order valence-electron chi connectivity index (χ4n) is 3.62. The highest BCUT2D eigenvalue weighted by atomic mass is 35.5. The zero-order chi connectivity index (χ0) is 22.9. The van der Waals surface area contributed by atoms with E-state index in [4.69, 9.17) is 11.6 Å². The highest BCUT2D eigenvalue weighted by molar-refractivity contribution is 7.08. The molecule has 1 aliphatic heterocycles. The summed E-state index contributed by atoms with van der Waals surface area (Å²) < 4.78 is 13.3. The second kappa shape index (κ2) is 8.72. The van der Waals surface area contributed by atoms with Gasteiger partial charge in [0.15, 0.2) is 0 Å². The van der Waals surface area contributed by atoms with Crippen LogP contribution in [0.2, 0.25) is 5.02 Å². The summed E-state index contributed by atoms with van der Waals surface area (Å²) in [5, 5.41) is 9.90. The minimum absolute atomic E-state index is 0.428. The first-order valence-corrected chi connectivity index (χ1v) is 11.1. The van der Waals surface area contributed by atoms with E-state index < -0.39 is 41.8 Å². The van der Waals surface area contributed by atoms with Crippen LogP contribution in [0.15, 0.2) is 65.4 Å². The summed E-state index contributed by atoms with van der Waals surface area (Å²) in [6.07, 6.45) is 0. The molecule has 6 nitrogen and oxygen atoms in total. The van der Waals surface area contributed by atoms with Crippen LogP contribution < -0.4 is 10.6 Å². The van der Waals surface area contributed by atoms with Gasteiger partial charge in [-0.05, 0) is 64.7 Å². The number of rotatable bonds is 6. The van der Waals surface area contributed by atoms with Crippen LogP contribution in [0, 0.1) is 5.82 Å². The lowest BCUT2D eigenvalue weighted by Gasteiger charge is -2.23. The Morgan fingerprint density at radius 2 is 1.81 bits per heavy atom. The number of carbonyl (C=O) groups excluding carboxylic acids is 3. The summed E-state index contributed by atoms with van der Waals surface area (Å²) in [4.78, 5) is 39.3. The quantitative estimate of drug-likeness (QED) is 0.528. The third kappa shape index (κ3) is 4.24. The fourth-order valence-corrected chi connectivity index (χ4v) is 4.44. The van der Waals surface area contributed by atoms with Crippen molar-refractivity contribution in [1.82, 2.24) is 15.5 Å². The summed E-state index contributed by atoms with van der Waals surface area (Å²) in [6, 6.07) is 13.1. The van der Waals surface area contributed by atoms with Gasteiger partial charge in [0.25, 0.3) is 5.91 Å². The topological polar surface area (TPSA) is 78.5 Å². The molecule has 2 unspecified atom stereocenters. The first kappa shape index (κ1) is 22.0. The Hall–Kier alpha value is -3.23. The number of amides is 4. The molecule has 1 saturated heterocycles. The molecule has 0 bridgehead atoms. The summed E-state index contributed by atoms with van der Waals surface area (Å²) in [5.41, 5.74) is 0.736. The Balaban J connectivity index is 1.52. The number of nitrogens with zero attached hydrogens (tertiary/aromatic N) is 1. The molecule has 164 valence electrons. The molecule has 4 amide bonds. The summed E-state index contributed by atoms with van der Waals surface area (Å²) in [6.45, 7) is 1.08. The number of benzene rings is 2. The van der Waals surface area contributed by atoms with Gasteiger partial charge in [0.05, 0.1) is 6.04 Å². The molecule has 32 heavy (non-hydrogen) atoms. The molecular formula is C23H19ClFN3O3S. The number of nitrogens with one attached hydrogen (secondary N) is 2. The molecule has 2 N–H and O–H groups in total. The second-order valence-corrected chi connectivity index (χ2v) is 8.78. The lowest BCUT2D eigenvalue weighted by atomic mass is 9.92. The molecule has 1 aromatic heterocycles. The van der Waals surface area contributed by atoms with E-state index in [1.807, 2.05) is 29.0 Å². The molecule has 2 heterocycles. The van der Waals surface area contributed by atoms with Crippen LogP contribution in [0.1, 0.15) is 29.7 Å². The Bertz CT molecular complexity index is 1150. The number of thiophene rings is 1. The number of carbonyl (C=O) groups is 3. The maximum absolute atomic E-state index is 13.3.